The lowest BCUT2D eigenvalue weighted by molar-refractivity contribution is 0.866. The second-order valence-corrected chi connectivity index (χ2v) is 8.42. The van der Waals surface area contributed by atoms with Gasteiger partial charge in [-0.3, -0.25) is 0 Å². The molecule has 0 bridgehead atoms. The monoisotopic (exact) mass is 386 g/mol. The van der Waals surface area contributed by atoms with Crippen LogP contribution in [0.5, 0.6) is 0 Å². The van der Waals surface area contributed by atoms with Gasteiger partial charge in [0.2, 0.25) is 0 Å². The molecule has 29 heavy (non-hydrogen) atoms. The summed E-state index contributed by atoms with van der Waals surface area (Å²) in [5.41, 5.74) is 7.79. The van der Waals surface area contributed by atoms with Crippen LogP contribution >= 0.6 is 0 Å². The van der Waals surface area contributed by atoms with Crippen LogP contribution in [0.15, 0.2) is 84.1 Å². The van der Waals surface area contributed by atoms with Gasteiger partial charge in [-0.25, -0.2) is 0 Å². The van der Waals surface area contributed by atoms with E-state index in [0.29, 0.717) is 11.8 Å². The number of allylic oxidation sites excluding steroid dienone is 3. The van der Waals surface area contributed by atoms with Gasteiger partial charge < -0.3 is 10.2 Å². The quantitative estimate of drug-likeness (QED) is 0.539. The minimum Gasteiger partial charge on any atom is -0.382 e. The van der Waals surface area contributed by atoms with Crippen molar-refractivity contribution in [2.24, 2.45) is 0 Å². The fourth-order valence-corrected chi connectivity index (χ4v) is 3.46. The average molecular weight is 387 g/mol. The van der Waals surface area contributed by atoms with Gasteiger partial charge in [-0.1, -0.05) is 64.1 Å². The number of nitrogens with one attached hydrogen (secondary N) is 1. The highest BCUT2D eigenvalue weighted by Crippen LogP contribution is 2.24. The zero-order valence-corrected chi connectivity index (χ0v) is 18.4. The first-order chi connectivity index (χ1) is 13.9. The van der Waals surface area contributed by atoms with Crippen LogP contribution < -0.4 is 10.2 Å². The molecule has 0 spiro atoms. The van der Waals surface area contributed by atoms with Gasteiger partial charge in [0.25, 0.3) is 0 Å². The maximum Gasteiger partial charge on any atom is 0.0415 e. The molecular formula is C27H34N2. The lowest BCUT2D eigenvalue weighted by Crippen LogP contribution is -2.19. The zero-order chi connectivity index (χ0) is 20.8. The first-order valence-electron chi connectivity index (χ1n) is 10.7. The number of hydrogen-bond donors (Lipinski definition) is 1. The van der Waals surface area contributed by atoms with Gasteiger partial charge in [0, 0.05) is 30.7 Å². The zero-order valence-electron chi connectivity index (χ0n) is 18.4. The van der Waals surface area contributed by atoms with Crippen molar-refractivity contribution >= 4 is 11.4 Å². The predicted octanol–water partition coefficient (Wildman–Crippen LogP) is 7.25. The third-order valence-electron chi connectivity index (χ3n) is 5.58. The Morgan fingerprint density at radius 2 is 1.52 bits per heavy atom. The highest BCUT2D eigenvalue weighted by atomic mass is 15.1. The van der Waals surface area contributed by atoms with Crippen molar-refractivity contribution in [2.75, 3.05) is 23.3 Å². The van der Waals surface area contributed by atoms with E-state index in [1.807, 2.05) is 0 Å². The molecule has 1 aliphatic heterocycles. The molecular weight excluding hydrogens is 352 g/mol. The van der Waals surface area contributed by atoms with Gasteiger partial charge in [0.1, 0.15) is 0 Å². The van der Waals surface area contributed by atoms with Gasteiger partial charge in [-0.05, 0) is 71.4 Å². The van der Waals surface area contributed by atoms with Crippen LogP contribution in [-0.4, -0.2) is 13.1 Å². The molecule has 0 amide bonds. The van der Waals surface area contributed by atoms with Crippen LogP contribution in [0.3, 0.4) is 0 Å². The molecule has 2 aromatic carbocycles. The number of rotatable bonds is 7. The third kappa shape index (κ3) is 5.63. The molecule has 1 heterocycles. The lowest BCUT2D eigenvalue weighted by atomic mass is 10.0. The molecule has 0 atom stereocenters. The minimum atomic E-state index is 0.571. The van der Waals surface area contributed by atoms with E-state index in [9.17, 15) is 0 Å². The van der Waals surface area contributed by atoms with E-state index in [4.69, 9.17) is 0 Å². The van der Waals surface area contributed by atoms with Crippen LogP contribution in [0.1, 0.15) is 57.6 Å². The summed E-state index contributed by atoms with van der Waals surface area (Å²) in [6, 6.07) is 17.7. The largest absolute Gasteiger partial charge is 0.382 e. The van der Waals surface area contributed by atoms with E-state index in [1.165, 1.54) is 33.6 Å². The molecule has 152 valence electrons. The summed E-state index contributed by atoms with van der Waals surface area (Å²) in [4.78, 5) is 2.29. The molecule has 2 heteroatoms. The Balaban J connectivity index is 1.54. The maximum absolute atomic E-state index is 3.49. The Bertz CT molecular complexity index is 881. The second-order valence-electron chi connectivity index (χ2n) is 8.42. The van der Waals surface area contributed by atoms with Crippen molar-refractivity contribution in [1.29, 1.82) is 0 Å². The van der Waals surface area contributed by atoms with E-state index in [-0.39, 0.29) is 0 Å². The number of nitrogens with zero attached hydrogens (tertiary/aromatic N) is 1. The predicted molar refractivity (Wildman–Crippen MR) is 128 cm³/mol. The fourth-order valence-electron chi connectivity index (χ4n) is 3.46. The molecule has 0 aliphatic carbocycles. The van der Waals surface area contributed by atoms with E-state index >= 15 is 0 Å². The highest BCUT2D eigenvalue weighted by molar-refractivity contribution is 5.55. The molecule has 0 saturated heterocycles. The van der Waals surface area contributed by atoms with Crippen LogP contribution in [0.4, 0.5) is 11.4 Å². The topological polar surface area (TPSA) is 15.3 Å². The summed E-state index contributed by atoms with van der Waals surface area (Å²) >= 11 is 0. The molecule has 0 unspecified atom stereocenters. The van der Waals surface area contributed by atoms with Crippen molar-refractivity contribution in [3.05, 3.63) is 95.2 Å². The van der Waals surface area contributed by atoms with E-state index < -0.39 is 0 Å². The highest BCUT2D eigenvalue weighted by Gasteiger charge is 2.08. The molecule has 1 N–H and O–H groups in total. The standard InChI is InChI=1S/C27H34N2/c1-20(2)23-6-10-26(11-7-23)28-17-14-22(5)25-15-18-29(19-16-25)27-12-8-24(9-13-27)21(3)4/h6-16,18,20-21,28H,17,19H2,1-5H3/b22-14+. The van der Waals surface area contributed by atoms with Gasteiger partial charge in [0.05, 0.1) is 0 Å². The van der Waals surface area contributed by atoms with Crippen LogP contribution in [0.2, 0.25) is 0 Å². The van der Waals surface area contributed by atoms with Crippen molar-refractivity contribution < 1.29 is 0 Å². The SMILES string of the molecule is C/C(=C\CNc1ccc(C(C)C)cc1)C1=CCN(c2ccc(C(C)C)cc2)C=C1. The van der Waals surface area contributed by atoms with E-state index in [1.54, 1.807) is 0 Å². The number of hydrogen-bond acceptors (Lipinski definition) is 2. The average Bonchev–Trinajstić information content (AvgIpc) is 2.74. The Morgan fingerprint density at radius 1 is 0.931 bits per heavy atom. The molecule has 1 aliphatic rings. The van der Waals surface area contributed by atoms with Gasteiger partial charge in [0.15, 0.2) is 0 Å². The van der Waals surface area contributed by atoms with Gasteiger partial charge in [-0.15, -0.1) is 0 Å². The number of benzene rings is 2. The molecule has 2 aromatic rings. The smallest absolute Gasteiger partial charge is 0.0415 e. The van der Waals surface area contributed by atoms with Crippen LogP contribution in [-0.2, 0) is 0 Å². The van der Waals surface area contributed by atoms with Crippen molar-refractivity contribution in [3.8, 4) is 0 Å². The molecule has 0 aromatic heterocycles. The summed E-state index contributed by atoms with van der Waals surface area (Å²) < 4.78 is 0. The molecule has 0 radical (unpaired) electrons. The third-order valence-corrected chi connectivity index (χ3v) is 5.58. The summed E-state index contributed by atoms with van der Waals surface area (Å²) in [7, 11) is 0. The Labute approximate surface area is 176 Å². The fraction of sp³-hybridized carbons (Fsp3) is 0.333. The van der Waals surface area contributed by atoms with Gasteiger partial charge in [-0.2, -0.15) is 0 Å². The van der Waals surface area contributed by atoms with Crippen molar-refractivity contribution in [2.45, 2.75) is 46.5 Å². The first-order valence-corrected chi connectivity index (χ1v) is 10.7. The second kappa shape index (κ2) is 9.65. The normalized spacial score (nSPS) is 14.5. The van der Waals surface area contributed by atoms with Crippen molar-refractivity contribution in [3.63, 3.8) is 0 Å². The van der Waals surface area contributed by atoms with Crippen LogP contribution in [0.25, 0.3) is 0 Å². The molecule has 2 nitrogen and oxygen atoms in total. The minimum absolute atomic E-state index is 0.571. The lowest BCUT2D eigenvalue weighted by Gasteiger charge is -2.23. The number of anilines is 2. The Morgan fingerprint density at radius 3 is 2.03 bits per heavy atom. The molecule has 0 saturated carbocycles. The summed E-state index contributed by atoms with van der Waals surface area (Å²) in [5, 5.41) is 3.49. The van der Waals surface area contributed by atoms with Crippen molar-refractivity contribution in [1.82, 2.24) is 0 Å². The summed E-state index contributed by atoms with van der Waals surface area (Å²) in [5.74, 6) is 1.14. The Kier molecular flexibility index (Phi) is 6.98. The maximum atomic E-state index is 3.49. The van der Waals surface area contributed by atoms with E-state index in [2.05, 4.69) is 118 Å². The molecule has 3 rings (SSSR count). The Hall–Kier alpha value is -2.74. The summed E-state index contributed by atoms with van der Waals surface area (Å²) in [6.07, 6.45) is 8.97. The van der Waals surface area contributed by atoms with E-state index in [0.717, 1.165) is 13.1 Å². The van der Waals surface area contributed by atoms with Gasteiger partial charge >= 0.3 is 0 Å². The first kappa shape index (κ1) is 21.0. The molecule has 0 fully saturated rings. The summed E-state index contributed by atoms with van der Waals surface area (Å²) in [6.45, 7) is 12.8. The van der Waals surface area contributed by atoms with Crippen LogP contribution in [0, 0.1) is 0 Å².